The van der Waals surface area contributed by atoms with Gasteiger partial charge in [-0.1, -0.05) is 6.07 Å². The molecule has 0 aliphatic heterocycles. The Hall–Kier alpha value is -1.95. The zero-order valence-corrected chi connectivity index (χ0v) is 8.83. The number of imidazole rings is 1. The second-order valence-electron chi connectivity index (χ2n) is 3.75. The first-order valence-corrected chi connectivity index (χ1v) is 4.95. The van der Waals surface area contributed by atoms with Crippen molar-refractivity contribution in [2.45, 2.75) is 19.4 Å². The summed E-state index contributed by atoms with van der Waals surface area (Å²) < 4.78 is 1.71. The molecule has 6 nitrogen and oxygen atoms in total. The fourth-order valence-corrected chi connectivity index (χ4v) is 1.65. The Morgan fingerprint density at radius 2 is 2.38 bits per heavy atom. The van der Waals surface area contributed by atoms with Crippen molar-refractivity contribution in [3.05, 3.63) is 40.3 Å². The summed E-state index contributed by atoms with van der Waals surface area (Å²) >= 11 is 0. The fraction of sp³-hybridized carbons (Fsp3) is 0.300. The maximum absolute atomic E-state index is 10.8. The second-order valence-corrected chi connectivity index (χ2v) is 3.75. The maximum atomic E-state index is 10.8. The summed E-state index contributed by atoms with van der Waals surface area (Å²) in [6, 6.07) is 5.16. The number of nitro groups is 1. The molecule has 0 saturated carbocycles. The lowest BCUT2D eigenvalue weighted by Gasteiger charge is -1.99. The van der Waals surface area contributed by atoms with Gasteiger partial charge in [-0.25, -0.2) is 0 Å². The largest absolute Gasteiger partial charge is 0.389 e. The van der Waals surface area contributed by atoms with E-state index in [9.17, 15) is 10.1 Å². The molecule has 0 aliphatic rings. The molecule has 6 heteroatoms. The quantitative estimate of drug-likeness (QED) is 0.620. The van der Waals surface area contributed by atoms with E-state index in [4.69, 9.17) is 5.73 Å². The Morgan fingerprint density at radius 3 is 3.00 bits per heavy atom. The zero-order valence-electron chi connectivity index (χ0n) is 8.83. The third kappa shape index (κ3) is 1.74. The summed E-state index contributed by atoms with van der Waals surface area (Å²) in [6.45, 7) is 1.84. The van der Waals surface area contributed by atoms with Crippen LogP contribution in [0.5, 0.6) is 0 Å². The minimum atomic E-state index is -0.472. The van der Waals surface area contributed by atoms with Crippen LogP contribution in [-0.2, 0) is 6.42 Å². The van der Waals surface area contributed by atoms with Crippen LogP contribution in [0, 0.1) is 10.1 Å². The van der Waals surface area contributed by atoms with Gasteiger partial charge >= 0.3 is 5.82 Å². The zero-order chi connectivity index (χ0) is 11.7. The SMILES string of the molecule is CC(N)Cc1nc([N+](=O)[O-])c2ccccn12. The van der Waals surface area contributed by atoms with Gasteiger partial charge in [-0.05, 0) is 29.0 Å². The molecule has 2 N–H and O–H groups in total. The number of nitrogens with zero attached hydrogens (tertiary/aromatic N) is 3. The van der Waals surface area contributed by atoms with Crippen molar-refractivity contribution in [1.29, 1.82) is 0 Å². The van der Waals surface area contributed by atoms with E-state index in [1.807, 2.05) is 13.0 Å². The summed E-state index contributed by atoms with van der Waals surface area (Å²) in [7, 11) is 0. The Balaban J connectivity index is 2.62. The lowest BCUT2D eigenvalue weighted by molar-refractivity contribution is -0.387. The summed E-state index contributed by atoms with van der Waals surface area (Å²) in [6.07, 6.45) is 2.27. The van der Waals surface area contributed by atoms with Crippen LogP contribution in [0.3, 0.4) is 0 Å². The summed E-state index contributed by atoms with van der Waals surface area (Å²) in [5.41, 5.74) is 6.18. The highest BCUT2D eigenvalue weighted by atomic mass is 16.6. The van der Waals surface area contributed by atoms with Gasteiger partial charge in [-0.3, -0.25) is 4.40 Å². The van der Waals surface area contributed by atoms with Gasteiger partial charge in [-0.2, -0.15) is 0 Å². The number of aromatic nitrogens is 2. The molecule has 84 valence electrons. The van der Waals surface area contributed by atoms with E-state index in [1.54, 1.807) is 22.7 Å². The monoisotopic (exact) mass is 220 g/mol. The van der Waals surface area contributed by atoms with Crippen molar-refractivity contribution >= 4 is 11.3 Å². The molecule has 0 bridgehead atoms. The molecule has 0 fully saturated rings. The number of hydrogen-bond acceptors (Lipinski definition) is 4. The molecule has 0 aliphatic carbocycles. The minimum absolute atomic E-state index is 0.0783. The Morgan fingerprint density at radius 1 is 1.62 bits per heavy atom. The normalized spacial score (nSPS) is 12.9. The van der Waals surface area contributed by atoms with E-state index in [2.05, 4.69) is 4.98 Å². The summed E-state index contributed by atoms with van der Waals surface area (Å²) in [5, 5.41) is 10.8. The van der Waals surface area contributed by atoms with Crippen LogP contribution in [0.2, 0.25) is 0 Å². The minimum Gasteiger partial charge on any atom is -0.358 e. The molecule has 2 aromatic heterocycles. The molecule has 0 spiro atoms. The lowest BCUT2D eigenvalue weighted by atomic mass is 10.2. The van der Waals surface area contributed by atoms with Crippen molar-refractivity contribution in [1.82, 2.24) is 9.38 Å². The van der Waals surface area contributed by atoms with E-state index < -0.39 is 4.92 Å². The number of nitrogens with two attached hydrogens (primary N) is 1. The standard InChI is InChI=1S/C10H12N4O2/c1-7(11)6-9-12-10(14(15)16)8-4-2-3-5-13(8)9/h2-5,7H,6,11H2,1H3. The first-order chi connectivity index (χ1) is 7.59. The van der Waals surface area contributed by atoms with Crippen LogP contribution in [0.4, 0.5) is 5.82 Å². The van der Waals surface area contributed by atoms with Crippen LogP contribution in [-0.4, -0.2) is 20.3 Å². The smallest absolute Gasteiger partial charge is 0.358 e. The van der Waals surface area contributed by atoms with Crippen molar-refractivity contribution in [3.63, 3.8) is 0 Å². The molecule has 1 atom stereocenters. The van der Waals surface area contributed by atoms with Gasteiger partial charge in [0.1, 0.15) is 5.52 Å². The number of pyridine rings is 1. The predicted octanol–water partition coefficient (Wildman–Crippen LogP) is 1.13. The van der Waals surface area contributed by atoms with Gasteiger partial charge < -0.3 is 15.8 Å². The van der Waals surface area contributed by atoms with E-state index in [-0.39, 0.29) is 11.9 Å². The van der Waals surface area contributed by atoms with E-state index >= 15 is 0 Å². The summed E-state index contributed by atoms with van der Waals surface area (Å²) in [5.74, 6) is 0.508. The molecule has 0 aromatic carbocycles. The van der Waals surface area contributed by atoms with Crippen molar-refractivity contribution < 1.29 is 4.92 Å². The fourth-order valence-electron chi connectivity index (χ4n) is 1.65. The van der Waals surface area contributed by atoms with Gasteiger partial charge in [-0.15, -0.1) is 0 Å². The molecule has 2 rings (SSSR count). The van der Waals surface area contributed by atoms with Crippen LogP contribution < -0.4 is 5.73 Å². The average molecular weight is 220 g/mol. The van der Waals surface area contributed by atoms with Gasteiger partial charge in [0, 0.05) is 18.7 Å². The highest BCUT2D eigenvalue weighted by Gasteiger charge is 2.21. The average Bonchev–Trinajstić information content (AvgIpc) is 2.57. The van der Waals surface area contributed by atoms with E-state index in [0.29, 0.717) is 17.8 Å². The molecule has 0 saturated heterocycles. The molecular formula is C10H12N4O2. The number of fused-ring (bicyclic) bond motifs is 1. The van der Waals surface area contributed by atoms with Crippen LogP contribution in [0.1, 0.15) is 12.7 Å². The third-order valence-electron chi connectivity index (χ3n) is 2.28. The van der Waals surface area contributed by atoms with Gasteiger partial charge in [0.2, 0.25) is 5.82 Å². The number of hydrogen-bond donors (Lipinski definition) is 1. The van der Waals surface area contributed by atoms with Crippen molar-refractivity contribution in [2.75, 3.05) is 0 Å². The molecule has 2 heterocycles. The second kappa shape index (κ2) is 3.90. The van der Waals surface area contributed by atoms with Crippen LogP contribution in [0.15, 0.2) is 24.4 Å². The third-order valence-corrected chi connectivity index (χ3v) is 2.28. The first kappa shape index (κ1) is 10.6. The Bertz CT molecular complexity index is 533. The highest BCUT2D eigenvalue weighted by molar-refractivity contribution is 5.62. The molecule has 0 radical (unpaired) electrons. The molecule has 1 unspecified atom stereocenters. The van der Waals surface area contributed by atoms with Gasteiger partial charge in [0.25, 0.3) is 0 Å². The van der Waals surface area contributed by atoms with Gasteiger partial charge in [0.05, 0.1) is 0 Å². The van der Waals surface area contributed by atoms with Crippen molar-refractivity contribution in [2.24, 2.45) is 5.73 Å². The first-order valence-electron chi connectivity index (χ1n) is 4.95. The number of rotatable bonds is 3. The van der Waals surface area contributed by atoms with Crippen LogP contribution >= 0.6 is 0 Å². The van der Waals surface area contributed by atoms with Crippen molar-refractivity contribution in [3.8, 4) is 0 Å². The molecule has 0 amide bonds. The molecule has 2 aromatic rings. The van der Waals surface area contributed by atoms with E-state index in [0.717, 1.165) is 0 Å². The summed E-state index contributed by atoms with van der Waals surface area (Å²) in [4.78, 5) is 14.4. The maximum Gasteiger partial charge on any atom is 0.389 e. The molecule has 16 heavy (non-hydrogen) atoms. The van der Waals surface area contributed by atoms with E-state index in [1.165, 1.54) is 0 Å². The van der Waals surface area contributed by atoms with Gasteiger partial charge in [0.15, 0.2) is 0 Å². The predicted molar refractivity (Wildman–Crippen MR) is 59.2 cm³/mol. The Labute approximate surface area is 91.9 Å². The highest BCUT2D eigenvalue weighted by Crippen LogP contribution is 2.20. The molecular weight excluding hydrogens is 208 g/mol. The lowest BCUT2D eigenvalue weighted by Crippen LogP contribution is -2.19. The Kier molecular flexibility index (Phi) is 2.57. The topological polar surface area (TPSA) is 86.5 Å². The van der Waals surface area contributed by atoms with Crippen LogP contribution in [0.25, 0.3) is 5.52 Å².